The molecule has 4 nitrogen and oxygen atoms in total. The van der Waals surface area contributed by atoms with Gasteiger partial charge in [-0.3, -0.25) is 0 Å². The molecule has 0 aromatic carbocycles. The van der Waals surface area contributed by atoms with Crippen LogP contribution in [0.1, 0.15) is 20.3 Å². The SMILES string of the molecule is COC1OC[C@@H](OC)C1CC(C)(C)[Si](C)(C)O. The molecule has 0 spiro atoms. The van der Waals surface area contributed by atoms with Gasteiger partial charge in [0, 0.05) is 20.1 Å². The largest absolute Gasteiger partial charge is 0.432 e. The second kappa shape index (κ2) is 5.36. The Morgan fingerprint density at radius 1 is 1.29 bits per heavy atom. The molecule has 1 heterocycles. The van der Waals surface area contributed by atoms with Crippen molar-refractivity contribution < 1.29 is 19.0 Å². The summed E-state index contributed by atoms with van der Waals surface area (Å²) in [5, 5.41) is -0.0844. The molecule has 1 N–H and O–H groups in total. The summed E-state index contributed by atoms with van der Waals surface area (Å²) in [6.45, 7) is 8.77. The van der Waals surface area contributed by atoms with Gasteiger partial charge >= 0.3 is 0 Å². The van der Waals surface area contributed by atoms with Gasteiger partial charge in [-0.1, -0.05) is 13.8 Å². The summed E-state index contributed by atoms with van der Waals surface area (Å²) in [5.41, 5.74) is 0. The van der Waals surface area contributed by atoms with Gasteiger partial charge in [0.05, 0.1) is 12.7 Å². The number of methoxy groups -OCH3 is 2. The number of hydrogen-bond donors (Lipinski definition) is 1. The van der Waals surface area contributed by atoms with E-state index >= 15 is 0 Å². The Balaban J connectivity index is 2.77. The first-order valence-corrected chi connectivity index (χ1v) is 9.07. The van der Waals surface area contributed by atoms with Gasteiger partial charge in [-0.25, -0.2) is 0 Å². The van der Waals surface area contributed by atoms with Crippen LogP contribution < -0.4 is 0 Å². The van der Waals surface area contributed by atoms with Crippen LogP contribution in [0.5, 0.6) is 0 Å². The molecule has 0 aromatic heterocycles. The molecule has 0 amide bonds. The van der Waals surface area contributed by atoms with Crippen LogP contribution in [0.4, 0.5) is 0 Å². The van der Waals surface area contributed by atoms with Crippen LogP contribution in [0.15, 0.2) is 0 Å². The highest BCUT2D eigenvalue weighted by Gasteiger charge is 2.46. The third kappa shape index (κ3) is 3.29. The average Bonchev–Trinajstić information content (AvgIpc) is 2.57. The normalized spacial score (nSPS) is 30.9. The van der Waals surface area contributed by atoms with E-state index in [-0.39, 0.29) is 23.4 Å². The van der Waals surface area contributed by atoms with E-state index in [1.165, 1.54) is 0 Å². The van der Waals surface area contributed by atoms with Crippen molar-refractivity contribution in [1.29, 1.82) is 0 Å². The topological polar surface area (TPSA) is 47.9 Å². The predicted molar refractivity (Wildman–Crippen MR) is 69.4 cm³/mol. The fraction of sp³-hybridized carbons (Fsp3) is 1.00. The third-order valence-electron chi connectivity index (χ3n) is 4.19. The van der Waals surface area contributed by atoms with Gasteiger partial charge in [-0.05, 0) is 24.6 Å². The number of rotatable bonds is 5. The van der Waals surface area contributed by atoms with Crippen LogP contribution >= 0.6 is 0 Å². The fourth-order valence-corrected chi connectivity index (χ4v) is 2.90. The lowest BCUT2D eigenvalue weighted by atomic mass is 9.92. The lowest BCUT2D eigenvalue weighted by Crippen LogP contribution is -2.42. The second-order valence-corrected chi connectivity index (χ2v) is 10.5. The van der Waals surface area contributed by atoms with E-state index in [0.717, 1.165) is 6.42 Å². The quantitative estimate of drug-likeness (QED) is 0.770. The number of hydrogen-bond acceptors (Lipinski definition) is 4. The van der Waals surface area contributed by atoms with Gasteiger partial charge in [0.15, 0.2) is 14.6 Å². The Kier molecular flexibility index (Phi) is 4.77. The molecule has 2 unspecified atom stereocenters. The van der Waals surface area contributed by atoms with Crippen LogP contribution in [0.2, 0.25) is 18.1 Å². The van der Waals surface area contributed by atoms with Crippen LogP contribution in [0, 0.1) is 5.92 Å². The summed E-state index contributed by atoms with van der Waals surface area (Å²) in [6, 6.07) is 0. The van der Waals surface area contributed by atoms with E-state index in [0.29, 0.717) is 6.61 Å². The van der Waals surface area contributed by atoms with Gasteiger partial charge in [-0.15, -0.1) is 0 Å². The summed E-state index contributed by atoms with van der Waals surface area (Å²) < 4.78 is 16.4. The van der Waals surface area contributed by atoms with Crippen LogP contribution in [0.3, 0.4) is 0 Å². The molecule has 17 heavy (non-hydrogen) atoms. The highest BCUT2D eigenvalue weighted by atomic mass is 28.4. The second-order valence-electron chi connectivity index (χ2n) is 6.02. The van der Waals surface area contributed by atoms with Crippen molar-refractivity contribution in [3.8, 4) is 0 Å². The fourth-order valence-electron chi connectivity index (χ4n) is 2.16. The molecule has 3 atom stereocenters. The van der Waals surface area contributed by atoms with Crippen molar-refractivity contribution >= 4 is 8.32 Å². The predicted octanol–water partition coefficient (Wildman–Crippen LogP) is 1.99. The molecule has 1 rings (SSSR count). The minimum atomic E-state index is -2.20. The highest BCUT2D eigenvalue weighted by Crippen LogP contribution is 2.45. The Bertz CT molecular complexity index is 237. The lowest BCUT2D eigenvalue weighted by Gasteiger charge is -2.38. The van der Waals surface area contributed by atoms with Gasteiger partial charge in [0.25, 0.3) is 0 Å². The smallest absolute Gasteiger partial charge is 0.188 e. The molecule has 1 aliphatic rings. The van der Waals surface area contributed by atoms with Crippen LogP contribution in [-0.4, -0.2) is 46.3 Å². The van der Waals surface area contributed by atoms with E-state index in [1.54, 1.807) is 14.2 Å². The van der Waals surface area contributed by atoms with E-state index in [2.05, 4.69) is 13.8 Å². The molecular weight excluding hydrogens is 236 g/mol. The maximum atomic E-state index is 10.3. The lowest BCUT2D eigenvalue weighted by molar-refractivity contribution is -0.113. The zero-order valence-electron chi connectivity index (χ0n) is 11.8. The first-order chi connectivity index (χ1) is 7.73. The summed E-state index contributed by atoms with van der Waals surface area (Å²) in [6.07, 6.45) is 0.714. The minimum absolute atomic E-state index is 0.0653. The monoisotopic (exact) mass is 262 g/mol. The van der Waals surface area contributed by atoms with E-state index < -0.39 is 8.32 Å². The summed E-state index contributed by atoms with van der Waals surface area (Å²) in [7, 11) is 1.16. The maximum Gasteiger partial charge on any atom is 0.188 e. The van der Waals surface area contributed by atoms with E-state index in [9.17, 15) is 4.80 Å². The molecule has 1 fully saturated rings. The standard InChI is InChI=1S/C12H26O4Si/c1-12(2,17(5,6)13)7-9-10(14-3)8-16-11(9)15-4/h9-11,13H,7-8H2,1-6H3/t9?,10-,11?/m1/s1. The van der Waals surface area contributed by atoms with Crippen molar-refractivity contribution in [2.75, 3.05) is 20.8 Å². The van der Waals surface area contributed by atoms with E-state index in [4.69, 9.17) is 14.2 Å². The van der Waals surface area contributed by atoms with Gasteiger partial charge in [0.2, 0.25) is 0 Å². The molecule has 102 valence electrons. The van der Waals surface area contributed by atoms with Crippen LogP contribution in [-0.2, 0) is 14.2 Å². The molecule has 5 heteroatoms. The van der Waals surface area contributed by atoms with Crippen molar-refractivity contribution in [3.63, 3.8) is 0 Å². The first-order valence-electron chi connectivity index (χ1n) is 6.12. The van der Waals surface area contributed by atoms with Gasteiger partial charge in [0.1, 0.15) is 0 Å². The third-order valence-corrected chi connectivity index (χ3v) is 7.71. The van der Waals surface area contributed by atoms with Crippen molar-refractivity contribution in [3.05, 3.63) is 0 Å². The van der Waals surface area contributed by atoms with Gasteiger partial charge < -0.3 is 19.0 Å². The van der Waals surface area contributed by atoms with Crippen molar-refractivity contribution in [2.24, 2.45) is 5.92 Å². The molecule has 0 radical (unpaired) electrons. The molecular formula is C12H26O4Si. The highest BCUT2D eigenvalue weighted by molar-refractivity contribution is 6.72. The maximum absolute atomic E-state index is 10.3. The molecule has 0 aromatic rings. The van der Waals surface area contributed by atoms with E-state index in [1.807, 2.05) is 13.1 Å². The molecule has 0 aliphatic carbocycles. The summed E-state index contributed by atoms with van der Waals surface area (Å²) >= 11 is 0. The molecule has 1 saturated heterocycles. The minimum Gasteiger partial charge on any atom is -0.432 e. The van der Waals surface area contributed by atoms with Crippen LogP contribution in [0.25, 0.3) is 0 Å². The summed E-state index contributed by atoms with van der Waals surface area (Å²) in [5.74, 6) is 0.193. The molecule has 0 saturated carbocycles. The Morgan fingerprint density at radius 2 is 1.88 bits per heavy atom. The number of ether oxygens (including phenoxy) is 3. The average molecular weight is 262 g/mol. The molecule has 1 aliphatic heterocycles. The first kappa shape index (κ1) is 15.1. The van der Waals surface area contributed by atoms with Gasteiger partial charge in [-0.2, -0.15) is 0 Å². The molecule has 0 bridgehead atoms. The van der Waals surface area contributed by atoms with Crippen molar-refractivity contribution in [1.82, 2.24) is 0 Å². The van der Waals surface area contributed by atoms with Crippen molar-refractivity contribution in [2.45, 2.75) is 50.8 Å². The zero-order valence-corrected chi connectivity index (χ0v) is 12.8. The Hall–Kier alpha value is 0.0569. The zero-order chi connectivity index (χ0) is 13.3. The summed E-state index contributed by atoms with van der Waals surface area (Å²) in [4.78, 5) is 10.3. The Labute approximate surface area is 105 Å². The Morgan fingerprint density at radius 3 is 2.29 bits per heavy atom.